The van der Waals surface area contributed by atoms with E-state index in [4.69, 9.17) is 20.6 Å². The molecule has 246 valence electrons. The first-order chi connectivity index (χ1) is 21.4. The number of carbonyl (C=O) groups is 1. The summed E-state index contributed by atoms with van der Waals surface area (Å²) in [4.78, 5) is 14.4. The fraction of sp³-hybridized carbons (Fsp3) is 0.545. The second kappa shape index (κ2) is 15.3. The largest absolute Gasteiger partial charge is 0.494 e. The monoisotopic (exact) mass is 643 g/mol. The van der Waals surface area contributed by atoms with Gasteiger partial charge in [-0.25, -0.2) is 12.8 Å². The number of ether oxygens (including phenoxy) is 1. The molecule has 0 fully saturated rings. The van der Waals surface area contributed by atoms with E-state index in [0.717, 1.165) is 37.4 Å². The van der Waals surface area contributed by atoms with Crippen molar-refractivity contribution >= 4 is 21.4 Å². The summed E-state index contributed by atoms with van der Waals surface area (Å²) in [6, 6.07) is 8.13. The smallest absolute Gasteiger partial charge is 0.250 e. The Hall–Kier alpha value is -3.35. The van der Waals surface area contributed by atoms with Crippen molar-refractivity contribution in [2.24, 2.45) is 11.5 Å². The van der Waals surface area contributed by atoms with Gasteiger partial charge in [-0.15, -0.1) is 10.2 Å². The summed E-state index contributed by atoms with van der Waals surface area (Å²) >= 11 is 0. The lowest BCUT2D eigenvalue weighted by Gasteiger charge is -2.24. The maximum Gasteiger partial charge on any atom is 0.250 e. The van der Waals surface area contributed by atoms with Crippen molar-refractivity contribution in [3.05, 3.63) is 53.7 Å². The van der Waals surface area contributed by atoms with Crippen molar-refractivity contribution in [1.82, 2.24) is 10.2 Å². The number of nitrogens with two attached hydrogens (primary N) is 2. The molecule has 45 heavy (non-hydrogen) atoms. The average Bonchev–Trinajstić information content (AvgIpc) is 3.48. The Balaban J connectivity index is 1.43. The lowest BCUT2D eigenvalue weighted by atomic mass is 9.97. The van der Waals surface area contributed by atoms with E-state index in [9.17, 15) is 13.2 Å². The molecule has 2 heterocycles. The summed E-state index contributed by atoms with van der Waals surface area (Å²) in [5.74, 6) is -1.20. The number of hydrogen-bond acceptors (Lipinski definition) is 9. The molecule has 0 bridgehead atoms. The number of anilines is 1. The Labute approximate surface area is 265 Å². The number of nitrogens with zero attached hydrogens (tertiary/aromatic N) is 3. The van der Waals surface area contributed by atoms with Gasteiger partial charge in [-0.1, -0.05) is 77.8 Å². The lowest BCUT2D eigenvalue weighted by molar-refractivity contribution is -0.119. The van der Waals surface area contributed by atoms with Crippen LogP contribution in [0.4, 0.5) is 10.1 Å². The van der Waals surface area contributed by atoms with Crippen molar-refractivity contribution in [1.29, 1.82) is 0 Å². The van der Waals surface area contributed by atoms with Crippen LogP contribution >= 0.6 is 0 Å². The van der Waals surface area contributed by atoms with Gasteiger partial charge in [-0.2, -0.15) is 0 Å². The van der Waals surface area contributed by atoms with Gasteiger partial charge in [-0.3, -0.25) is 4.79 Å². The van der Waals surface area contributed by atoms with Crippen LogP contribution < -0.4 is 21.1 Å². The van der Waals surface area contributed by atoms with Crippen LogP contribution in [0.5, 0.6) is 5.75 Å². The third-order valence-electron chi connectivity index (χ3n) is 7.83. The lowest BCUT2D eigenvalue weighted by Crippen LogP contribution is -2.45. The van der Waals surface area contributed by atoms with E-state index in [1.54, 1.807) is 0 Å². The minimum Gasteiger partial charge on any atom is -0.494 e. The number of hydrogen-bond donors (Lipinski definition) is 2. The number of amides is 1. The topological polar surface area (TPSA) is 155 Å². The molecule has 2 aromatic carbocycles. The highest BCUT2D eigenvalue weighted by molar-refractivity contribution is 7.91. The molecule has 0 aliphatic carbocycles. The first-order valence-electron chi connectivity index (χ1n) is 15.8. The van der Waals surface area contributed by atoms with E-state index in [0.29, 0.717) is 18.2 Å². The highest BCUT2D eigenvalue weighted by atomic mass is 32.2. The third kappa shape index (κ3) is 9.11. The van der Waals surface area contributed by atoms with Crippen LogP contribution in [0.25, 0.3) is 11.5 Å². The van der Waals surface area contributed by atoms with Gasteiger partial charge in [0.15, 0.2) is 9.84 Å². The van der Waals surface area contributed by atoms with Gasteiger partial charge in [0, 0.05) is 5.41 Å². The first-order valence-corrected chi connectivity index (χ1v) is 17.5. The van der Waals surface area contributed by atoms with E-state index < -0.39 is 38.8 Å². The summed E-state index contributed by atoms with van der Waals surface area (Å²) < 4.78 is 53.3. The van der Waals surface area contributed by atoms with E-state index in [1.165, 1.54) is 49.5 Å². The second-order valence-electron chi connectivity index (χ2n) is 12.7. The highest BCUT2D eigenvalue weighted by Crippen LogP contribution is 2.37. The number of sulfone groups is 1. The van der Waals surface area contributed by atoms with E-state index >= 15 is 4.39 Å². The van der Waals surface area contributed by atoms with E-state index in [2.05, 4.69) is 10.2 Å². The quantitative estimate of drug-likeness (QED) is 0.199. The number of benzene rings is 2. The van der Waals surface area contributed by atoms with Gasteiger partial charge in [-0.05, 0) is 49.2 Å². The van der Waals surface area contributed by atoms with Crippen molar-refractivity contribution < 1.29 is 26.8 Å². The molecule has 1 aliphatic heterocycles. The standard InChI is InChI=1S/C33H46FN5O5S/c1-33(2,3)32-38-37-30(44-32)25-19-28-29(20-26(25)34)45(41,42)22-27(36)31(40)39(28)21-23-13-15-24(16-14-23)43-18-12-10-8-6-4-5-7-9-11-17-35/h13-16,19-20,27H,4-12,17-18,21-22,35-36H2,1-3H3/t27-/m0/s1. The summed E-state index contributed by atoms with van der Waals surface area (Å²) in [7, 11) is -4.08. The molecular formula is C33H46FN5O5S. The zero-order chi connectivity index (χ0) is 32.6. The summed E-state index contributed by atoms with van der Waals surface area (Å²) in [5.41, 5.74) is 11.7. The predicted octanol–water partition coefficient (Wildman–Crippen LogP) is 5.67. The molecule has 0 saturated heterocycles. The Morgan fingerprint density at radius 3 is 2.20 bits per heavy atom. The second-order valence-corrected chi connectivity index (χ2v) is 14.7. The first kappa shape index (κ1) is 34.5. The zero-order valence-corrected chi connectivity index (χ0v) is 27.4. The van der Waals surface area contributed by atoms with Gasteiger partial charge >= 0.3 is 0 Å². The van der Waals surface area contributed by atoms with Crippen LogP contribution in [-0.4, -0.2) is 49.5 Å². The van der Waals surface area contributed by atoms with Crippen LogP contribution in [0, 0.1) is 5.82 Å². The SMILES string of the molecule is CC(C)(C)c1nnc(-c2cc3c(cc2F)S(=O)(=O)C[C@H](N)C(=O)N3Cc2ccc(OCCCCCCCCCCCN)cc2)o1. The minimum atomic E-state index is -4.08. The van der Waals surface area contributed by atoms with E-state index in [1.807, 2.05) is 45.0 Å². The van der Waals surface area contributed by atoms with Gasteiger partial charge in [0.2, 0.25) is 11.8 Å². The molecule has 12 heteroatoms. The van der Waals surface area contributed by atoms with Crippen molar-refractivity contribution in [2.75, 3.05) is 23.8 Å². The van der Waals surface area contributed by atoms with Crippen LogP contribution in [0.3, 0.4) is 0 Å². The number of fused-ring (bicyclic) bond motifs is 1. The molecule has 1 aliphatic rings. The normalized spacial score (nSPS) is 16.4. The van der Waals surface area contributed by atoms with Crippen LogP contribution in [0.1, 0.15) is 90.0 Å². The van der Waals surface area contributed by atoms with Crippen LogP contribution in [0.15, 0.2) is 45.7 Å². The zero-order valence-electron chi connectivity index (χ0n) is 26.6. The Morgan fingerprint density at radius 2 is 1.60 bits per heavy atom. The molecule has 0 radical (unpaired) electrons. The van der Waals surface area contributed by atoms with Crippen molar-refractivity contribution in [2.45, 2.75) is 101 Å². The molecule has 0 spiro atoms. The molecule has 0 saturated carbocycles. The molecule has 0 unspecified atom stereocenters. The summed E-state index contributed by atoms with van der Waals surface area (Å²) in [5, 5.41) is 8.01. The Bertz CT molecular complexity index is 1540. The molecule has 1 atom stereocenters. The van der Waals surface area contributed by atoms with Crippen molar-refractivity contribution in [3.63, 3.8) is 0 Å². The minimum absolute atomic E-state index is 0.00995. The molecular weight excluding hydrogens is 597 g/mol. The maximum absolute atomic E-state index is 15.4. The van der Waals surface area contributed by atoms with Crippen LogP contribution in [0.2, 0.25) is 0 Å². The number of rotatable bonds is 15. The summed E-state index contributed by atoms with van der Waals surface area (Å²) in [6.07, 6.45) is 10.7. The molecule has 4 N–H and O–H groups in total. The molecule has 1 aromatic heterocycles. The van der Waals surface area contributed by atoms with Crippen molar-refractivity contribution in [3.8, 4) is 17.2 Å². The molecule has 10 nitrogen and oxygen atoms in total. The number of carbonyl (C=O) groups excluding carboxylic acids is 1. The van der Waals surface area contributed by atoms with Gasteiger partial charge in [0.1, 0.15) is 11.6 Å². The fourth-order valence-electron chi connectivity index (χ4n) is 5.23. The predicted molar refractivity (Wildman–Crippen MR) is 172 cm³/mol. The fourth-order valence-corrected chi connectivity index (χ4v) is 6.80. The highest BCUT2D eigenvalue weighted by Gasteiger charge is 2.37. The third-order valence-corrected chi connectivity index (χ3v) is 9.63. The molecule has 4 rings (SSSR count). The number of halogens is 1. The number of unbranched alkanes of at least 4 members (excludes halogenated alkanes) is 8. The number of aromatic nitrogens is 2. The van der Waals surface area contributed by atoms with Gasteiger partial charge in [0.05, 0.1) is 41.1 Å². The molecule has 1 amide bonds. The molecule has 3 aromatic rings. The van der Waals surface area contributed by atoms with E-state index in [-0.39, 0.29) is 28.6 Å². The Morgan fingerprint density at radius 1 is 0.978 bits per heavy atom. The Kier molecular flexibility index (Phi) is 11.7. The van der Waals surface area contributed by atoms with Gasteiger partial charge in [0.25, 0.3) is 5.89 Å². The summed E-state index contributed by atoms with van der Waals surface area (Å²) in [6.45, 7) is 7.03. The average molecular weight is 644 g/mol. The maximum atomic E-state index is 15.4. The van der Waals surface area contributed by atoms with Crippen LogP contribution in [-0.2, 0) is 26.6 Å². The van der Waals surface area contributed by atoms with Gasteiger partial charge < -0.3 is 25.5 Å².